The van der Waals surface area contributed by atoms with Crippen molar-refractivity contribution in [1.29, 1.82) is 0 Å². The van der Waals surface area contributed by atoms with Crippen LogP contribution in [0.25, 0.3) is 0 Å². The molecule has 1 rings (SSSR count). The summed E-state index contributed by atoms with van der Waals surface area (Å²) in [5.41, 5.74) is 6.89. The van der Waals surface area contributed by atoms with Gasteiger partial charge in [0.1, 0.15) is 4.99 Å². The van der Waals surface area contributed by atoms with E-state index >= 15 is 0 Å². The van der Waals surface area contributed by atoms with Gasteiger partial charge in [-0.3, -0.25) is 0 Å². The quantitative estimate of drug-likeness (QED) is 0.556. The summed E-state index contributed by atoms with van der Waals surface area (Å²) >= 11 is 4.84. The lowest BCUT2D eigenvalue weighted by atomic mass is 10.1. The number of rotatable bonds is 8. The molecule has 7 heteroatoms. The third-order valence-corrected chi connectivity index (χ3v) is 4.06. The molecule has 0 aliphatic carbocycles. The lowest BCUT2D eigenvalue weighted by Gasteiger charge is -2.09. The summed E-state index contributed by atoms with van der Waals surface area (Å²) in [4.78, 5) is 0.295. The first-order valence-corrected chi connectivity index (χ1v) is 8.34. The van der Waals surface area contributed by atoms with E-state index in [4.69, 9.17) is 22.7 Å². The van der Waals surface area contributed by atoms with Crippen molar-refractivity contribution in [3.8, 4) is 0 Å². The number of benzene rings is 1. The number of thiocarbonyl (C=S) groups is 1. The maximum atomic E-state index is 11.8. The van der Waals surface area contributed by atoms with E-state index < -0.39 is 10.0 Å². The minimum Gasteiger partial charge on any atom is -0.389 e. The van der Waals surface area contributed by atoms with Gasteiger partial charge in [0.05, 0.1) is 18.5 Å². The molecule has 0 bridgehead atoms. The van der Waals surface area contributed by atoms with Crippen molar-refractivity contribution < 1.29 is 13.2 Å². The summed E-state index contributed by atoms with van der Waals surface area (Å²) < 4.78 is 31.5. The third-order valence-electron chi connectivity index (χ3n) is 2.47. The van der Waals surface area contributed by atoms with Crippen LogP contribution < -0.4 is 10.5 Å². The molecule has 1 aromatic carbocycles. The lowest BCUT2D eigenvalue weighted by molar-refractivity contribution is 0.0834. The van der Waals surface area contributed by atoms with Crippen molar-refractivity contribution in [2.45, 2.75) is 25.7 Å². The summed E-state index contributed by atoms with van der Waals surface area (Å²) in [6.07, 6.45) is 0.0900. The predicted molar refractivity (Wildman–Crippen MR) is 84.0 cm³/mol. The Morgan fingerprint density at radius 1 is 1.35 bits per heavy atom. The Labute approximate surface area is 125 Å². The molecule has 20 heavy (non-hydrogen) atoms. The van der Waals surface area contributed by atoms with Gasteiger partial charge in [-0.05, 0) is 19.4 Å². The zero-order valence-electron chi connectivity index (χ0n) is 11.6. The van der Waals surface area contributed by atoms with E-state index in [-0.39, 0.29) is 18.4 Å². The lowest BCUT2D eigenvalue weighted by Crippen LogP contribution is -2.29. The molecule has 0 aliphatic rings. The molecular formula is C13H20N2O3S2. The maximum absolute atomic E-state index is 11.8. The molecule has 0 atom stereocenters. The van der Waals surface area contributed by atoms with Crippen LogP contribution in [-0.4, -0.2) is 32.7 Å². The Morgan fingerprint density at radius 2 is 1.95 bits per heavy atom. The number of hydrogen-bond acceptors (Lipinski definition) is 4. The summed E-state index contributed by atoms with van der Waals surface area (Å²) in [6, 6.07) is 6.85. The third kappa shape index (κ3) is 6.42. The van der Waals surface area contributed by atoms with Crippen LogP contribution in [0.4, 0.5) is 0 Å². The second-order valence-corrected chi connectivity index (χ2v) is 6.88. The number of nitrogens with one attached hydrogen (secondary N) is 1. The van der Waals surface area contributed by atoms with E-state index in [1.54, 1.807) is 24.3 Å². The van der Waals surface area contributed by atoms with E-state index in [2.05, 4.69) is 4.72 Å². The fourth-order valence-electron chi connectivity index (χ4n) is 1.53. The zero-order valence-corrected chi connectivity index (χ0v) is 13.3. The topological polar surface area (TPSA) is 81.4 Å². The largest absolute Gasteiger partial charge is 0.389 e. The van der Waals surface area contributed by atoms with Gasteiger partial charge in [0.2, 0.25) is 10.0 Å². The Kier molecular flexibility index (Phi) is 6.54. The normalized spacial score (nSPS) is 11.8. The van der Waals surface area contributed by atoms with Crippen LogP contribution in [0, 0.1) is 0 Å². The van der Waals surface area contributed by atoms with Crippen LogP contribution in [0.3, 0.4) is 0 Å². The van der Waals surface area contributed by atoms with Gasteiger partial charge in [0, 0.05) is 12.1 Å². The molecule has 3 N–H and O–H groups in total. The van der Waals surface area contributed by atoms with Crippen molar-refractivity contribution in [3.63, 3.8) is 0 Å². The zero-order chi connectivity index (χ0) is 15.2. The van der Waals surface area contributed by atoms with Crippen molar-refractivity contribution >= 4 is 27.2 Å². The fourth-order valence-corrected chi connectivity index (χ4v) is 2.79. The van der Waals surface area contributed by atoms with Crippen LogP contribution in [0.2, 0.25) is 0 Å². The van der Waals surface area contributed by atoms with Gasteiger partial charge in [0.15, 0.2) is 0 Å². The van der Waals surface area contributed by atoms with Gasteiger partial charge < -0.3 is 10.5 Å². The Morgan fingerprint density at radius 3 is 2.45 bits per heavy atom. The molecule has 112 valence electrons. The highest BCUT2D eigenvalue weighted by atomic mass is 32.2. The van der Waals surface area contributed by atoms with Crippen molar-refractivity contribution in [2.75, 3.05) is 13.2 Å². The van der Waals surface area contributed by atoms with Gasteiger partial charge in [-0.2, -0.15) is 0 Å². The van der Waals surface area contributed by atoms with Gasteiger partial charge >= 0.3 is 0 Å². The monoisotopic (exact) mass is 316 g/mol. The van der Waals surface area contributed by atoms with Crippen molar-refractivity contribution in [3.05, 3.63) is 35.4 Å². The first kappa shape index (κ1) is 17.0. The van der Waals surface area contributed by atoms with E-state index in [0.717, 1.165) is 5.56 Å². The van der Waals surface area contributed by atoms with Crippen LogP contribution in [-0.2, 0) is 20.5 Å². The molecule has 0 amide bonds. The van der Waals surface area contributed by atoms with E-state index in [9.17, 15) is 8.42 Å². The van der Waals surface area contributed by atoms with Crippen LogP contribution >= 0.6 is 12.2 Å². The minimum atomic E-state index is -3.36. The summed E-state index contributed by atoms with van der Waals surface area (Å²) in [6.45, 7) is 4.43. The minimum absolute atomic E-state index is 0.0771. The van der Waals surface area contributed by atoms with E-state index in [1.165, 1.54) is 0 Å². The molecule has 0 spiro atoms. The van der Waals surface area contributed by atoms with Crippen molar-refractivity contribution in [1.82, 2.24) is 4.72 Å². The first-order valence-electron chi connectivity index (χ1n) is 6.28. The van der Waals surface area contributed by atoms with Crippen molar-refractivity contribution in [2.24, 2.45) is 5.73 Å². The molecule has 1 aromatic rings. The average molecular weight is 316 g/mol. The number of ether oxygens (including phenoxy) is 1. The molecule has 0 saturated heterocycles. The van der Waals surface area contributed by atoms with Gasteiger partial charge in [0.25, 0.3) is 0 Å². The molecule has 5 nitrogen and oxygen atoms in total. The average Bonchev–Trinajstić information content (AvgIpc) is 2.34. The molecule has 0 unspecified atom stereocenters. The second kappa shape index (κ2) is 7.68. The smallest absolute Gasteiger partial charge is 0.215 e. The first-order chi connectivity index (χ1) is 9.30. The highest BCUT2D eigenvalue weighted by Gasteiger charge is 2.11. The number of hydrogen-bond donors (Lipinski definition) is 2. The number of sulfonamides is 1. The molecule has 0 aliphatic heterocycles. The van der Waals surface area contributed by atoms with Gasteiger partial charge in [-0.25, -0.2) is 13.1 Å². The van der Waals surface area contributed by atoms with Crippen LogP contribution in [0.1, 0.15) is 25.0 Å². The van der Waals surface area contributed by atoms with Gasteiger partial charge in [-0.15, -0.1) is 0 Å². The molecule has 0 saturated carbocycles. The van der Waals surface area contributed by atoms with Gasteiger partial charge in [-0.1, -0.05) is 36.5 Å². The Balaban J connectivity index is 2.51. The standard InChI is InChI=1S/C13H20N2O3S2/c1-10(2)18-8-7-15-20(16,17)9-11-3-5-12(6-4-11)13(14)19/h3-6,10,15H,7-9H2,1-2H3,(H2,14,19). The summed E-state index contributed by atoms with van der Waals surface area (Å²) in [7, 11) is -3.36. The molecule has 0 heterocycles. The molecule has 0 fully saturated rings. The SMILES string of the molecule is CC(C)OCCNS(=O)(=O)Cc1ccc(C(N)=S)cc1. The Hall–Kier alpha value is -1.02. The summed E-state index contributed by atoms with van der Waals surface area (Å²) in [5.74, 6) is -0.0771. The second-order valence-electron chi connectivity index (χ2n) is 4.63. The van der Waals surface area contributed by atoms with E-state index in [0.29, 0.717) is 17.2 Å². The Bertz CT molecular complexity index is 539. The summed E-state index contributed by atoms with van der Waals surface area (Å²) in [5, 5.41) is 0. The predicted octanol–water partition coefficient (Wildman–Crippen LogP) is 1.17. The van der Waals surface area contributed by atoms with Crippen LogP contribution in [0.15, 0.2) is 24.3 Å². The van der Waals surface area contributed by atoms with E-state index in [1.807, 2.05) is 13.8 Å². The molecule has 0 aromatic heterocycles. The highest BCUT2D eigenvalue weighted by molar-refractivity contribution is 7.88. The highest BCUT2D eigenvalue weighted by Crippen LogP contribution is 2.07. The molecule has 0 radical (unpaired) electrons. The van der Waals surface area contributed by atoms with Crippen LogP contribution in [0.5, 0.6) is 0 Å². The molecular weight excluding hydrogens is 296 g/mol. The fraction of sp³-hybridized carbons (Fsp3) is 0.462. The number of nitrogens with two attached hydrogens (primary N) is 1. The maximum Gasteiger partial charge on any atom is 0.215 e.